The molecule has 0 aromatic carbocycles. The Hall–Kier alpha value is -2.77. The van der Waals surface area contributed by atoms with Gasteiger partial charge in [-0.05, 0) is 0 Å². The minimum atomic E-state index is -1.36. The van der Waals surface area contributed by atoms with Crippen molar-refractivity contribution in [1.82, 2.24) is 0 Å². The number of hydrogen-bond donors (Lipinski definition) is 0. The van der Waals surface area contributed by atoms with E-state index < -0.39 is 61.1 Å². The van der Waals surface area contributed by atoms with Crippen LogP contribution in [0.15, 0.2) is 0 Å². The topological polar surface area (TPSA) is 159 Å². The fourth-order valence-electron chi connectivity index (χ4n) is 2.72. The van der Waals surface area contributed by atoms with E-state index in [0.717, 1.165) is 20.8 Å². The van der Waals surface area contributed by atoms with Gasteiger partial charge in [-0.1, -0.05) is 0 Å². The average molecular weight is 478 g/mol. The Bertz CT molecular complexity index is 677. The van der Waals surface area contributed by atoms with E-state index in [1.54, 1.807) is 0 Å². The molecule has 13 nitrogen and oxygen atoms in total. The highest BCUT2D eigenvalue weighted by Gasteiger charge is 2.51. The molecule has 4 atom stereocenters. The molecule has 1 fully saturated rings. The predicted molar refractivity (Wildman–Crippen MR) is 105 cm³/mol. The summed E-state index contributed by atoms with van der Waals surface area (Å²) < 4.78 is 40.6. The van der Waals surface area contributed by atoms with E-state index in [9.17, 15) is 24.0 Å². The summed E-state index contributed by atoms with van der Waals surface area (Å²) in [4.78, 5) is 57.9. The van der Waals surface area contributed by atoms with Crippen LogP contribution in [-0.2, 0) is 61.9 Å². The third-order valence-corrected chi connectivity index (χ3v) is 4.02. The molecule has 0 spiro atoms. The second-order valence-corrected chi connectivity index (χ2v) is 6.81. The van der Waals surface area contributed by atoms with Crippen LogP contribution in [0, 0.1) is 0 Å². The summed E-state index contributed by atoms with van der Waals surface area (Å²) in [5.41, 5.74) is 0. The van der Waals surface area contributed by atoms with Crippen LogP contribution in [0.1, 0.15) is 33.6 Å². The smallest absolute Gasteiger partial charge is 0.306 e. The molecule has 1 aliphatic rings. The standard InChI is InChI=1S/C20H30O13/c1-12(21)30-18-15(33-20(32-14(3)23)19(18)31-13(2)22)11-29-17(25)6-5-16(24)28-10-9-27-8-7-26-4/h15,18-20H,5-11H2,1-4H3/t15-,18-,19-,20-/m1/s1. The summed E-state index contributed by atoms with van der Waals surface area (Å²) in [6, 6.07) is 0. The Kier molecular flexibility index (Phi) is 13.0. The van der Waals surface area contributed by atoms with Crippen LogP contribution in [0.3, 0.4) is 0 Å². The van der Waals surface area contributed by atoms with Gasteiger partial charge in [0.1, 0.15) is 19.3 Å². The number of esters is 5. The maximum Gasteiger partial charge on any atom is 0.306 e. The van der Waals surface area contributed by atoms with E-state index in [1.165, 1.54) is 7.11 Å². The van der Waals surface area contributed by atoms with Crippen molar-refractivity contribution in [3.63, 3.8) is 0 Å². The Morgan fingerprint density at radius 2 is 1.24 bits per heavy atom. The van der Waals surface area contributed by atoms with Crippen LogP contribution < -0.4 is 0 Å². The molecule has 0 amide bonds. The van der Waals surface area contributed by atoms with Crippen molar-refractivity contribution in [1.29, 1.82) is 0 Å². The van der Waals surface area contributed by atoms with Crippen LogP contribution in [-0.4, -0.2) is 94.6 Å². The van der Waals surface area contributed by atoms with Gasteiger partial charge in [-0.2, -0.15) is 0 Å². The summed E-state index contributed by atoms with van der Waals surface area (Å²) >= 11 is 0. The van der Waals surface area contributed by atoms with Gasteiger partial charge in [0.2, 0.25) is 12.4 Å². The molecule has 13 heteroatoms. The summed E-state index contributed by atoms with van der Waals surface area (Å²) in [5, 5.41) is 0. The lowest BCUT2D eigenvalue weighted by Gasteiger charge is -2.22. The molecular formula is C20H30O13. The number of rotatable bonds is 14. The summed E-state index contributed by atoms with van der Waals surface area (Å²) in [6.45, 7) is 3.98. The van der Waals surface area contributed by atoms with E-state index in [4.69, 9.17) is 37.9 Å². The molecule has 0 aromatic rings. The Morgan fingerprint density at radius 1 is 0.697 bits per heavy atom. The summed E-state index contributed by atoms with van der Waals surface area (Å²) in [6.07, 6.45) is -5.37. The maximum absolute atomic E-state index is 12.0. The van der Waals surface area contributed by atoms with Gasteiger partial charge in [-0.15, -0.1) is 0 Å². The third-order valence-electron chi connectivity index (χ3n) is 4.02. The molecular weight excluding hydrogens is 448 g/mol. The first-order chi connectivity index (χ1) is 15.6. The normalized spacial score (nSPS) is 21.7. The van der Waals surface area contributed by atoms with Crippen LogP contribution in [0.5, 0.6) is 0 Å². The molecule has 1 heterocycles. The van der Waals surface area contributed by atoms with Crippen LogP contribution >= 0.6 is 0 Å². The van der Waals surface area contributed by atoms with Crippen molar-refractivity contribution in [2.24, 2.45) is 0 Å². The Labute approximate surface area is 190 Å². The first-order valence-corrected chi connectivity index (χ1v) is 10.2. The molecule has 1 rings (SSSR count). The van der Waals surface area contributed by atoms with Gasteiger partial charge in [0.25, 0.3) is 0 Å². The van der Waals surface area contributed by atoms with E-state index >= 15 is 0 Å². The third kappa shape index (κ3) is 11.6. The predicted octanol–water partition coefficient (Wildman–Crippen LogP) is -0.333. The molecule has 0 aliphatic carbocycles. The summed E-state index contributed by atoms with van der Waals surface area (Å²) in [7, 11) is 1.54. The highest BCUT2D eigenvalue weighted by molar-refractivity contribution is 5.77. The van der Waals surface area contributed by atoms with Gasteiger partial charge in [-0.25, -0.2) is 0 Å². The first-order valence-electron chi connectivity index (χ1n) is 10.2. The molecule has 1 aliphatic heterocycles. The lowest BCUT2D eigenvalue weighted by molar-refractivity contribution is -0.197. The molecule has 188 valence electrons. The molecule has 0 saturated carbocycles. The average Bonchev–Trinajstić information content (AvgIpc) is 3.02. The quantitative estimate of drug-likeness (QED) is 0.181. The highest BCUT2D eigenvalue weighted by Crippen LogP contribution is 2.28. The monoisotopic (exact) mass is 478 g/mol. The SMILES string of the molecule is COCCOCCOC(=O)CCC(=O)OC[C@H]1O[C@@H](OC(C)=O)[C@H](OC(C)=O)[C@@H]1OC(C)=O. The molecule has 0 radical (unpaired) electrons. The number of hydrogen-bond acceptors (Lipinski definition) is 13. The van der Waals surface area contributed by atoms with Gasteiger partial charge in [0, 0.05) is 27.9 Å². The van der Waals surface area contributed by atoms with E-state index in [2.05, 4.69) is 0 Å². The van der Waals surface area contributed by atoms with E-state index in [1.807, 2.05) is 0 Å². The number of carbonyl (C=O) groups is 5. The Morgan fingerprint density at radius 3 is 1.82 bits per heavy atom. The van der Waals surface area contributed by atoms with Gasteiger partial charge in [0.15, 0.2) is 6.10 Å². The second kappa shape index (κ2) is 15.1. The van der Waals surface area contributed by atoms with Crippen molar-refractivity contribution in [3.8, 4) is 0 Å². The number of carbonyl (C=O) groups excluding carboxylic acids is 5. The van der Waals surface area contributed by atoms with Crippen molar-refractivity contribution in [3.05, 3.63) is 0 Å². The van der Waals surface area contributed by atoms with E-state index in [-0.39, 0.29) is 26.1 Å². The van der Waals surface area contributed by atoms with E-state index in [0.29, 0.717) is 13.2 Å². The fourth-order valence-corrected chi connectivity index (χ4v) is 2.72. The lowest BCUT2D eigenvalue weighted by atomic mass is 10.1. The minimum absolute atomic E-state index is 0.0344. The number of methoxy groups -OCH3 is 1. The highest BCUT2D eigenvalue weighted by atomic mass is 16.8. The van der Waals surface area contributed by atoms with Crippen molar-refractivity contribution in [2.75, 3.05) is 40.1 Å². The maximum atomic E-state index is 12.0. The van der Waals surface area contributed by atoms with Crippen LogP contribution in [0.2, 0.25) is 0 Å². The lowest BCUT2D eigenvalue weighted by Crippen LogP contribution is -2.42. The molecule has 33 heavy (non-hydrogen) atoms. The largest absolute Gasteiger partial charge is 0.463 e. The fraction of sp³-hybridized carbons (Fsp3) is 0.750. The zero-order valence-electron chi connectivity index (χ0n) is 19.1. The minimum Gasteiger partial charge on any atom is -0.463 e. The van der Waals surface area contributed by atoms with Gasteiger partial charge in [0.05, 0.1) is 32.7 Å². The van der Waals surface area contributed by atoms with Gasteiger partial charge < -0.3 is 37.9 Å². The number of ether oxygens (including phenoxy) is 8. The van der Waals surface area contributed by atoms with Crippen molar-refractivity contribution >= 4 is 29.8 Å². The molecule has 1 saturated heterocycles. The molecule has 0 aromatic heterocycles. The molecule has 0 unspecified atom stereocenters. The van der Waals surface area contributed by atoms with Gasteiger partial charge in [-0.3, -0.25) is 24.0 Å². The van der Waals surface area contributed by atoms with Crippen molar-refractivity contribution in [2.45, 2.75) is 58.2 Å². The van der Waals surface area contributed by atoms with Crippen LogP contribution in [0.25, 0.3) is 0 Å². The van der Waals surface area contributed by atoms with Crippen molar-refractivity contribution < 1.29 is 61.9 Å². The summed E-state index contributed by atoms with van der Waals surface area (Å²) in [5.74, 6) is -3.51. The molecule has 0 bridgehead atoms. The van der Waals surface area contributed by atoms with Crippen LogP contribution in [0.4, 0.5) is 0 Å². The zero-order chi connectivity index (χ0) is 24.8. The molecule has 0 N–H and O–H groups in total. The first kappa shape index (κ1) is 28.3. The zero-order valence-corrected chi connectivity index (χ0v) is 19.1. The van der Waals surface area contributed by atoms with Gasteiger partial charge >= 0.3 is 29.8 Å². The second-order valence-electron chi connectivity index (χ2n) is 6.81. The Balaban J connectivity index is 2.52.